The molecule has 30 heavy (non-hydrogen) atoms. The molecular formula is C23H30N5O2+. The van der Waals surface area contributed by atoms with Crippen molar-refractivity contribution in [3.05, 3.63) is 60.7 Å². The number of amides is 2. The van der Waals surface area contributed by atoms with Gasteiger partial charge in [-0.05, 0) is 45.0 Å². The van der Waals surface area contributed by atoms with E-state index in [0.29, 0.717) is 16.0 Å². The number of nitrogens with zero attached hydrogens (tertiary/aromatic N) is 4. The number of benzene rings is 2. The summed E-state index contributed by atoms with van der Waals surface area (Å²) in [7, 11) is 2.06. The minimum absolute atomic E-state index is 0.299. The summed E-state index contributed by atoms with van der Waals surface area (Å²) in [4.78, 5) is 26.4. The Morgan fingerprint density at radius 1 is 1.07 bits per heavy atom. The second-order valence-electron chi connectivity index (χ2n) is 7.65. The molecule has 0 radical (unpaired) electrons. The smallest absolute Gasteiger partial charge is 0.305 e. The van der Waals surface area contributed by atoms with E-state index in [1.807, 2.05) is 65.7 Å². The number of anilines is 2. The fourth-order valence-corrected chi connectivity index (χ4v) is 3.93. The molecule has 1 heterocycles. The van der Waals surface area contributed by atoms with Gasteiger partial charge in [-0.15, -0.1) is 0 Å². The highest BCUT2D eigenvalue weighted by Crippen LogP contribution is 2.36. The lowest BCUT2D eigenvalue weighted by Gasteiger charge is -2.50. The Morgan fingerprint density at radius 2 is 1.60 bits per heavy atom. The zero-order chi connectivity index (χ0) is 21.9. The van der Waals surface area contributed by atoms with Gasteiger partial charge in [0.05, 0.1) is 37.2 Å². The summed E-state index contributed by atoms with van der Waals surface area (Å²) in [5.41, 5.74) is 0.560. The van der Waals surface area contributed by atoms with Crippen molar-refractivity contribution >= 4 is 28.9 Å². The Balaban J connectivity index is 2.26. The monoisotopic (exact) mass is 408 g/mol. The third kappa shape index (κ3) is 3.45. The van der Waals surface area contributed by atoms with Gasteiger partial charge in [-0.3, -0.25) is 9.59 Å². The van der Waals surface area contributed by atoms with Gasteiger partial charge in [-0.25, -0.2) is 4.59 Å². The summed E-state index contributed by atoms with van der Waals surface area (Å²) < 4.78 is 0.408. The molecule has 1 N–H and O–H groups in total. The van der Waals surface area contributed by atoms with E-state index in [1.165, 1.54) is 11.9 Å². The number of rotatable bonds is 7. The molecule has 1 unspecified atom stereocenters. The number of hydrazone groups is 1. The van der Waals surface area contributed by atoms with Crippen LogP contribution in [0, 0.1) is 0 Å². The number of carbonyl (C=O) groups is 2. The van der Waals surface area contributed by atoms with Crippen molar-refractivity contribution in [2.75, 3.05) is 30.2 Å². The Bertz CT molecular complexity index is 941. The molecule has 2 aromatic carbocycles. The number of carbonyl (C=O) groups excluding carboxylic acids is 2. The molecule has 0 aromatic heterocycles. The number of hydrogen-bond donors (Lipinski definition) is 1. The van der Waals surface area contributed by atoms with Crippen molar-refractivity contribution in [1.29, 1.82) is 0 Å². The molecule has 1 aliphatic rings. The average molecular weight is 409 g/mol. The van der Waals surface area contributed by atoms with Crippen molar-refractivity contribution in [2.45, 2.75) is 33.4 Å². The van der Waals surface area contributed by atoms with Crippen LogP contribution in [0.5, 0.6) is 0 Å². The minimum Gasteiger partial charge on any atom is -0.317 e. The first-order valence-corrected chi connectivity index (χ1v) is 10.2. The predicted molar refractivity (Wildman–Crippen MR) is 120 cm³/mol. The van der Waals surface area contributed by atoms with E-state index in [2.05, 4.69) is 31.3 Å². The minimum atomic E-state index is -1.44. The van der Waals surface area contributed by atoms with Crippen LogP contribution in [-0.4, -0.2) is 47.9 Å². The summed E-state index contributed by atoms with van der Waals surface area (Å²) in [6.07, 6.45) is 0. The van der Waals surface area contributed by atoms with Gasteiger partial charge in [0.1, 0.15) is 0 Å². The van der Waals surface area contributed by atoms with Gasteiger partial charge in [-0.2, -0.15) is 15.1 Å². The molecule has 7 nitrogen and oxygen atoms in total. The lowest BCUT2D eigenvalue weighted by atomic mass is 10.0. The first-order chi connectivity index (χ1) is 14.3. The molecule has 0 spiro atoms. The normalized spacial score (nSPS) is 18.9. The Kier molecular flexibility index (Phi) is 5.94. The largest absolute Gasteiger partial charge is 0.317 e. The Morgan fingerprint density at radius 3 is 2.10 bits per heavy atom. The summed E-state index contributed by atoms with van der Waals surface area (Å²) in [5.74, 6) is -0.607. The maximum Gasteiger partial charge on any atom is 0.305 e. The molecule has 0 saturated heterocycles. The molecule has 2 amide bonds. The van der Waals surface area contributed by atoms with Gasteiger partial charge in [0, 0.05) is 6.92 Å². The quantitative estimate of drug-likeness (QED) is 0.435. The Labute approximate surface area is 178 Å². The summed E-state index contributed by atoms with van der Waals surface area (Å²) in [5, 5.41) is 11.0. The van der Waals surface area contributed by atoms with Crippen LogP contribution in [0.2, 0.25) is 0 Å². The maximum absolute atomic E-state index is 14.0. The van der Waals surface area contributed by atoms with Crippen LogP contribution in [0.25, 0.3) is 0 Å². The summed E-state index contributed by atoms with van der Waals surface area (Å²) in [6.45, 7) is 8.81. The fourth-order valence-electron chi connectivity index (χ4n) is 3.93. The molecule has 0 saturated carbocycles. The van der Waals surface area contributed by atoms with Crippen LogP contribution in [0.15, 0.2) is 65.8 Å². The highest BCUT2D eigenvalue weighted by molar-refractivity contribution is 6.25. The molecular weight excluding hydrogens is 378 g/mol. The van der Waals surface area contributed by atoms with Crippen molar-refractivity contribution in [3.63, 3.8) is 0 Å². The lowest BCUT2D eigenvalue weighted by Crippen LogP contribution is -2.78. The van der Waals surface area contributed by atoms with E-state index in [4.69, 9.17) is 0 Å². The van der Waals surface area contributed by atoms with Crippen molar-refractivity contribution in [2.24, 2.45) is 5.10 Å². The van der Waals surface area contributed by atoms with Gasteiger partial charge in [0.2, 0.25) is 5.91 Å². The molecule has 0 aliphatic carbocycles. The fraction of sp³-hybridized carbons (Fsp3) is 0.348. The lowest BCUT2D eigenvalue weighted by molar-refractivity contribution is -0.917. The predicted octanol–water partition coefficient (Wildman–Crippen LogP) is 3.15. The molecule has 0 bridgehead atoms. The highest BCUT2D eigenvalue weighted by atomic mass is 16.2. The number of hydrogen-bond acceptors (Lipinski definition) is 4. The van der Waals surface area contributed by atoms with Crippen LogP contribution < -0.4 is 15.3 Å². The van der Waals surface area contributed by atoms with E-state index < -0.39 is 5.66 Å². The van der Waals surface area contributed by atoms with Gasteiger partial charge in [0.15, 0.2) is 0 Å². The molecule has 158 valence electrons. The maximum atomic E-state index is 14.0. The third-order valence-corrected chi connectivity index (χ3v) is 5.80. The van der Waals surface area contributed by atoms with Crippen LogP contribution in [0.1, 0.15) is 27.7 Å². The van der Waals surface area contributed by atoms with E-state index >= 15 is 0 Å². The highest BCUT2D eigenvalue weighted by Gasteiger charge is 2.60. The van der Waals surface area contributed by atoms with E-state index in [0.717, 1.165) is 18.8 Å². The zero-order valence-electron chi connectivity index (χ0n) is 18.3. The van der Waals surface area contributed by atoms with Gasteiger partial charge in [0.25, 0.3) is 5.66 Å². The molecule has 0 fully saturated rings. The van der Waals surface area contributed by atoms with Crippen molar-refractivity contribution in [3.8, 4) is 0 Å². The standard InChI is InChI=1S/C23H29N5O2/c1-6-28(5,7-2)27(21-16-12-9-13-17-21)23(24-19(4)29)18(3)25-26(22(23)30)20-14-10-8-11-15-20/h8-17H,6-7H2,1-5H3/p+1. The first kappa shape index (κ1) is 21.5. The van der Waals surface area contributed by atoms with Gasteiger partial charge >= 0.3 is 5.91 Å². The second-order valence-corrected chi connectivity index (χ2v) is 7.65. The molecule has 7 heteroatoms. The topological polar surface area (TPSA) is 65.0 Å². The van der Waals surface area contributed by atoms with E-state index in [-0.39, 0.29) is 11.8 Å². The number of quaternary nitrogens is 1. The molecule has 2 aromatic rings. The van der Waals surface area contributed by atoms with Crippen molar-refractivity contribution < 1.29 is 14.2 Å². The van der Waals surface area contributed by atoms with E-state index in [1.54, 1.807) is 6.92 Å². The molecule has 1 atom stereocenters. The average Bonchev–Trinajstić information content (AvgIpc) is 3.00. The number of para-hydroxylation sites is 2. The first-order valence-electron chi connectivity index (χ1n) is 10.2. The SMILES string of the molecule is CC[N+](C)(CC)N(c1ccccc1)C1(NC(C)=O)C(=O)N(c2ccccc2)N=C1C. The summed E-state index contributed by atoms with van der Waals surface area (Å²) >= 11 is 0. The Hall–Kier alpha value is -3.19. The number of nitrogens with one attached hydrogen (secondary N) is 1. The van der Waals surface area contributed by atoms with E-state index in [9.17, 15) is 9.59 Å². The van der Waals surface area contributed by atoms with Gasteiger partial charge in [-0.1, -0.05) is 36.4 Å². The van der Waals surface area contributed by atoms with Crippen LogP contribution >= 0.6 is 0 Å². The van der Waals surface area contributed by atoms with Crippen LogP contribution in [-0.2, 0) is 9.59 Å². The second kappa shape index (κ2) is 8.28. The van der Waals surface area contributed by atoms with Crippen LogP contribution in [0.3, 0.4) is 0 Å². The van der Waals surface area contributed by atoms with Crippen molar-refractivity contribution in [1.82, 2.24) is 5.32 Å². The van der Waals surface area contributed by atoms with Crippen LogP contribution in [0.4, 0.5) is 11.4 Å². The molecule has 3 rings (SSSR count). The third-order valence-electron chi connectivity index (χ3n) is 5.80. The van der Waals surface area contributed by atoms with Gasteiger partial charge < -0.3 is 5.32 Å². The molecule has 1 aliphatic heterocycles. The zero-order valence-corrected chi connectivity index (χ0v) is 18.3. The summed E-state index contributed by atoms with van der Waals surface area (Å²) in [6, 6.07) is 19.0.